The van der Waals surface area contributed by atoms with Crippen LogP contribution in [0, 0.1) is 31.6 Å². The number of aromatic amines is 2. The molecule has 0 aromatic carbocycles. The van der Waals surface area contributed by atoms with Crippen LogP contribution in [-0.2, 0) is 50.2 Å². The maximum atomic E-state index is 12.8. The first-order valence-electron chi connectivity index (χ1n) is 15.4. The number of carboxylic acid groups (broad SMARTS) is 2. The summed E-state index contributed by atoms with van der Waals surface area (Å²) in [7, 11) is 0. The minimum Gasteiger partial charge on any atom is -0.481 e. The van der Waals surface area contributed by atoms with Crippen molar-refractivity contribution in [1.29, 1.82) is 0 Å². The predicted molar refractivity (Wildman–Crippen MR) is 179 cm³/mol. The number of hydrogen-bond acceptors (Lipinski definition) is 5. The number of nitrogens with one attached hydrogen (secondary N) is 4. The Morgan fingerprint density at radius 1 is 0.911 bits per heavy atom. The summed E-state index contributed by atoms with van der Waals surface area (Å²) < 4.78 is -0.368. The van der Waals surface area contributed by atoms with Gasteiger partial charge in [-0.2, -0.15) is 12.6 Å². The fourth-order valence-electron chi connectivity index (χ4n) is 7.18. The number of H-pyrrole nitrogens is 2. The quantitative estimate of drug-likeness (QED) is 0.111. The van der Waals surface area contributed by atoms with Gasteiger partial charge < -0.3 is 30.8 Å². The number of amides is 2. The summed E-state index contributed by atoms with van der Waals surface area (Å²) in [6.07, 6.45) is 4.86. The maximum absolute atomic E-state index is 12.8. The van der Waals surface area contributed by atoms with Crippen molar-refractivity contribution in [3.8, 4) is 0 Å². The average Bonchev–Trinajstić information content (AvgIpc) is 3.13. The standard InChI is InChI=1S/C33H42N4O6S2/c1-14-20(7-9-28(38)39)25(34-22(14)11-24-17(4)33(19(6)45-33)32(43)37-24)13-26-21(8-10-29(40)41)15(2)23(35-26)12-27-30(18(5)44)16(3)31(42)36-27/h11-12,16-19,30,34-35,44H,7-10,13H2,1-6H3,(H,36,42)(H,37,43)(H,38,39)(H,40,41)/p+1/b24-11-,27-12-/t16-,17?,18-,19?,30+,33-/m1/s1. The molecule has 0 radical (unpaired) electrons. The summed E-state index contributed by atoms with van der Waals surface area (Å²) in [6.45, 7) is 11.9. The van der Waals surface area contributed by atoms with Gasteiger partial charge in [0.05, 0.1) is 5.92 Å². The van der Waals surface area contributed by atoms with Gasteiger partial charge in [0, 0.05) is 82.3 Å². The molecular formula is C33H43N4O6S2+. The Balaban J connectivity index is 1.55. The molecule has 2 amide bonds. The van der Waals surface area contributed by atoms with Crippen LogP contribution in [0.5, 0.6) is 0 Å². The van der Waals surface area contributed by atoms with Gasteiger partial charge >= 0.3 is 11.9 Å². The molecule has 12 heteroatoms. The molecule has 0 bridgehead atoms. The van der Waals surface area contributed by atoms with Crippen LogP contribution >= 0.6 is 12.6 Å². The number of aromatic nitrogens is 2. The lowest BCUT2D eigenvalue weighted by Gasteiger charge is -2.17. The van der Waals surface area contributed by atoms with E-state index >= 15 is 0 Å². The van der Waals surface area contributed by atoms with Crippen molar-refractivity contribution in [1.82, 2.24) is 20.6 Å². The van der Waals surface area contributed by atoms with E-state index in [4.69, 9.17) is 0 Å². The number of carboxylic acids is 2. The van der Waals surface area contributed by atoms with Crippen LogP contribution in [0.1, 0.15) is 85.6 Å². The summed E-state index contributed by atoms with van der Waals surface area (Å²) in [6, 6.07) is 0. The first kappa shape index (κ1) is 33.0. The van der Waals surface area contributed by atoms with E-state index in [1.807, 2.05) is 39.8 Å². The van der Waals surface area contributed by atoms with Gasteiger partial charge in [-0.1, -0.05) is 20.8 Å². The zero-order valence-corrected chi connectivity index (χ0v) is 28.3. The van der Waals surface area contributed by atoms with E-state index in [1.165, 1.54) is 0 Å². The zero-order chi connectivity index (χ0) is 33.0. The molecule has 0 saturated carbocycles. The maximum Gasteiger partial charge on any atom is 0.303 e. The lowest BCUT2D eigenvalue weighted by Crippen LogP contribution is -2.29. The van der Waals surface area contributed by atoms with Crippen molar-refractivity contribution in [2.45, 2.75) is 88.9 Å². The smallest absolute Gasteiger partial charge is 0.303 e. The van der Waals surface area contributed by atoms with Crippen LogP contribution in [0.2, 0.25) is 0 Å². The molecule has 1 spiro atoms. The Hall–Kier alpha value is -3.38. The van der Waals surface area contributed by atoms with Gasteiger partial charge in [0.15, 0.2) is 5.25 Å². The summed E-state index contributed by atoms with van der Waals surface area (Å²) in [5.41, 5.74) is 8.51. The second-order valence-corrected chi connectivity index (χ2v) is 15.3. The molecule has 2 aromatic rings. The van der Waals surface area contributed by atoms with Gasteiger partial charge in [0.2, 0.25) is 5.91 Å². The topological polar surface area (TPSA) is 164 Å². The number of thiol groups is 2. The Morgan fingerprint density at radius 2 is 1.40 bits per heavy atom. The molecule has 45 heavy (non-hydrogen) atoms. The van der Waals surface area contributed by atoms with Gasteiger partial charge in [-0.05, 0) is 68.0 Å². The van der Waals surface area contributed by atoms with Crippen molar-refractivity contribution in [2.24, 2.45) is 17.8 Å². The van der Waals surface area contributed by atoms with Crippen LogP contribution < -0.4 is 10.6 Å². The van der Waals surface area contributed by atoms with Crippen LogP contribution in [0.25, 0.3) is 12.2 Å². The van der Waals surface area contributed by atoms with Crippen molar-refractivity contribution in [3.05, 3.63) is 56.4 Å². The minimum atomic E-state index is -0.899. The first-order chi connectivity index (χ1) is 21.1. The SMILES string of the molecule is Cc1c(/C=C2\NC(=O)[C@@]3([SH+]C3C)C2C)[nH]c(Cc2[nH]c(/C=C3\NC(=O)[C@H](C)[C@H]3[C@@H](C)S)c(C)c2CCC(=O)O)c1CCC(=O)O. The molecule has 5 heterocycles. The van der Waals surface area contributed by atoms with E-state index in [-0.39, 0.29) is 52.4 Å². The molecule has 3 fully saturated rings. The fourth-order valence-corrected chi connectivity index (χ4v) is 9.04. The number of aliphatic carboxylic acids is 2. The van der Waals surface area contributed by atoms with Gasteiger partial charge in [-0.25, -0.2) is 0 Å². The van der Waals surface area contributed by atoms with Crippen molar-refractivity contribution in [2.75, 3.05) is 0 Å². The second kappa shape index (κ2) is 12.4. The van der Waals surface area contributed by atoms with Gasteiger partial charge in [-0.3, -0.25) is 19.2 Å². The number of allylic oxidation sites excluding steroid dienone is 2. The van der Waals surface area contributed by atoms with E-state index < -0.39 is 11.9 Å². The van der Waals surface area contributed by atoms with Crippen LogP contribution in [-0.4, -0.2) is 59.2 Å². The summed E-state index contributed by atoms with van der Waals surface area (Å²) >= 11 is 5.78. The second-order valence-electron chi connectivity index (χ2n) is 12.8. The van der Waals surface area contributed by atoms with E-state index in [2.05, 4.69) is 47.1 Å². The third-order valence-electron chi connectivity index (χ3n) is 9.97. The van der Waals surface area contributed by atoms with Gasteiger partial charge in [-0.15, -0.1) is 0 Å². The molecular weight excluding hydrogens is 613 g/mol. The van der Waals surface area contributed by atoms with Crippen LogP contribution in [0.15, 0.2) is 11.4 Å². The highest BCUT2D eigenvalue weighted by Crippen LogP contribution is 2.50. The lowest BCUT2D eigenvalue weighted by atomic mass is 9.91. The Kier molecular flexibility index (Phi) is 9.12. The van der Waals surface area contributed by atoms with E-state index in [1.54, 1.807) is 0 Å². The molecule has 10 nitrogen and oxygen atoms in total. The summed E-state index contributed by atoms with van der Waals surface area (Å²) in [5.74, 6) is -2.06. The highest BCUT2D eigenvalue weighted by molar-refractivity contribution is 7.90. The highest BCUT2D eigenvalue weighted by Gasteiger charge is 2.76. The lowest BCUT2D eigenvalue weighted by molar-refractivity contribution is -0.138. The Morgan fingerprint density at radius 3 is 1.82 bits per heavy atom. The van der Waals surface area contributed by atoms with Crippen molar-refractivity contribution >= 4 is 60.3 Å². The van der Waals surface area contributed by atoms with Crippen LogP contribution in [0.4, 0.5) is 0 Å². The minimum absolute atomic E-state index is 0.0392. The van der Waals surface area contributed by atoms with Crippen LogP contribution in [0.3, 0.4) is 0 Å². The number of hydrogen-bond donors (Lipinski definition) is 7. The molecule has 3 saturated heterocycles. The fraction of sp³-hybridized carbons (Fsp3) is 0.515. The number of carbonyl (C=O) groups excluding carboxylic acids is 2. The van der Waals surface area contributed by atoms with Crippen molar-refractivity contribution < 1.29 is 29.4 Å². The predicted octanol–water partition coefficient (Wildman–Crippen LogP) is 3.69. The summed E-state index contributed by atoms with van der Waals surface area (Å²) in [5, 5.41) is 25.3. The Bertz CT molecular complexity index is 1640. The molecule has 3 aliphatic rings. The molecule has 2 unspecified atom stereocenters. The average molecular weight is 656 g/mol. The zero-order valence-electron chi connectivity index (χ0n) is 26.5. The van der Waals surface area contributed by atoms with E-state index in [0.29, 0.717) is 24.5 Å². The van der Waals surface area contributed by atoms with Gasteiger partial charge in [0.25, 0.3) is 10.7 Å². The number of carbonyl (C=O) groups is 4. The van der Waals surface area contributed by atoms with Gasteiger partial charge in [0.1, 0.15) is 0 Å². The first-order valence-corrected chi connectivity index (χ1v) is 16.9. The summed E-state index contributed by atoms with van der Waals surface area (Å²) in [4.78, 5) is 55.6. The van der Waals surface area contributed by atoms with E-state index in [9.17, 15) is 29.4 Å². The molecule has 6 N–H and O–H groups in total. The Labute approximate surface area is 272 Å². The molecule has 3 aliphatic heterocycles. The van der Waals surface area contributed by atoms with Crippen molar-refractivity contribution in [3.63, 3.8) is 0 Å². The number of rotatable bonds is 11. The normalized spacial score (nSPS) is 28.2. The molecule has 0 aliphatic carbocycles. The molecule has 5 rings (SSSR count). The van der Waals surface area contributed by atoms with E-state index in [0.717, 1.165) is 68.2 Å². The molecule has 242 valence electrons. The largest absolute Gasteiger partial charge is 0.481 e. The highest BCUT2D eigenvalue weighted by atomic mass is 32.2. The molecule has 2 aromatic heterocycles. The third kappa shape index (κ3) is 6.10. The third-order valence-corrected chi connectivity index (χ3v) is 12.2. The monoisotopic (exact) mass is 655 g/mol. The molecule has 6 atom stereocenters.